The van der Waals surface area contributed by atoms with Crippen LogP contribution in [0.1, 0.15) is 258 Å². The van der Waals surface area contributed by atoms with Crippen LogP contribution >= 0.6 is 0 Å². The van der Waals surface area contributed by atoms with Crippen LogP contribution in [0.4, 0.5) is 0 Å². The molecular formula is C60H109NO10. The molecule has 1 heterocycles. The van der Waals surface area contributed by atoms with E-state index >= 15 is 0 Å². The van der Waals surface area contributed by atoms with Gasteiger partial charge in [-0.25, -0.2) is 0 Å². The van der Waals surface area contributed by atoms with Crippen molar-refractivity contribution in [2.75, 3.05) is 19.8 Å². The lowest BCUT2D eigenvalue weighted by Crippen LogP contribution is -2.60. The van der Waals surface area contributed by atoms with Gasteiger partial charge >= 0.3 is 5.97 Å². The van der Waals surface area contributed by atoms with Crippen LogP contribution in [0, 0.1) is 0 Å². The van der Waals surface area contributed by atoms with Crippen molar-refractivity contribution in [1.82, 2.24) is 5.32 Å². The number of aliphatic hydroxyl groups excluding tert-OH is 5. The van der Waals surface area contributed by atoms with Crippen LogP contribution in [0.15, 0.2) is 48.6 Å². The Morgan fingerprint density at radius 2 is 0.972 bits per heavy atom. The smallest absolute Gasteiger partial charge is 0.305 e. The third kappa shape index (κ3) is 39.7. The number of carbonyl (C=O) groups excluding carboxylic acids is 2. The lowest BCUT2D eigenvalue weighted by atomic mass is 9.99. The second-order valence-corrected chi connectivity index (χ2v) is 20.3. The molecule has 1 fully saturated rings. The summed E-state index contributed by atoms with van der Waals surface area (Å²) in [7, 11) is 0. The van der Waals surface area contributed by atoms with Crippen LogP contribution in [0.3, 0.4) is 0 Å². The maximum Gasteiger partial charge on any atom is 0.305 e. The van der Waals surface area contributed by atoms with Crippen molar-refractivity contribution in [3.05, 3.63) is 48.6 Å². The minimum Gasteiger partial charge on any atom is -0.466 e. The van der Waals surface area contributed by atoms with Crippen LogP contribution in [0.25, 0.3) is 0 Å². The van der Waals surface area contributed by atoms with Gasteiger partial charge in [0, 0.05) is 12.8 Å². The number of carbonyl (C=O) groups is 2. The Hall–Kier alpha value is -2.38. The highest BCUT2D eigenvalue weighted by molar-refractivity contribution is 5.76. The summed E-state index contributed by atoms with van der Waals surface area (Å²) >= 11 is 0. The lowest BCUT2D eigenvalue weighted by molar-refractivity contribution is -0.302. The van der Waals surface area contributed by atoms with E-state index in [-0.39, 0.29) is 18.5 Å². The van der Waals surface area contributed by atoms with Gasteiger partial charge < -0.3 is 45.1 Å². The highest BCUT2D eigenvalue weighted by Crippen LogP contribution is 2.23. The van der Waals surface area contributed by atoms with Gasteiger partial charge in [0.1, 0.15) is 24.4 Å². The fraction of sp³-hybridized carbons (Fsp3) is 0.833. The number of hydrogen-bond donors (Lipinski definition) is 6. The predicted molar refractivity (Wildman–Crippen MR) is 292 cm³/mol. The number of ether oxygens (including phenoxy) is 3. The molecule has 0 spiro atoms. The van der Waals surface area contributed by atoms with Crippen molar-refractivity contribution in [1.29, 1.82) is 0 Å². The fourth-order valence-corrected chi connectivity index (χ4v) is 9.06. The second-order valence-electron chi connectivity index (χ2n) is 20.3. The van der Waals surface area contributed by atoms with E-state index in [1.165, 1.54) is 154 Å². The molecule has 0 bridgehead atoms. The summed E-state index contributed by atoms with van der Waals surface area (Å²) in [5.41, 5.74) is 0. The lowest BCUT2D eigenvalue weighted by Gasteiger charge is -2.40. The largest absolute Gasteiger partial charge is 0.466 e. The van der Waals surface area contributed by atoms with Gasteiger partial charge in [0.15, 0.2) is 6.29 Å². The van der Waals surface area contributed by atoms with Gasteiger partial charge in [0.2, 0.25) is 5.91 Å². The molecule has 0 aliphatic carbocycles. The SMILES string of the molecule is C/C=C/CC/C=C/CC/C=C/C(O)C(COC1OC(CO)C(O)C(O)C1O)NC(=O)CCCCCCCCC/C=C\CCCCCCCCCCCCCCOC(=O)CCCCCCCCCCCCC. The van der Waals surface area contributed by atoms with Crippen LogP contribution < -0.4 is 5.32 Å². The zero-order valence-electron chi connectivity index (χ0n) is 45.4. The number of hydrogen-bond acceptors (Lipinski definition) is 10. The molecule has 7 unspecified atom stereocenters. The Morgan fingerprint density at radius 3 is 1.48 bits per heavy atom. The molecule has 1 aliphatic rings. The monoisotopic (exact) mass is 1000 g/mol. The van der Waals surface area contributed by atoms with Crippen LogP contribution in [0.5, 0.6) is 0 Å². The van der Waals surface area contributed by atoms with E-state index in [1.807, 2.05) is 19.1 Å². The molecule has 6 N–H and O–H groups in total. The molecule has 7 atom stereocenters. The first-order chi connectivity index (χ1) is 34.7. The molecule has 71 heavy (non-hydrogen) atoms. The second kappa shape index (κ2) is 49.8. The summed E-state index contributed by atoms with van der Waals surface area (Å²) in [4.78, 5) is 25.0. The quantitative estimate of drug-likeness (QED) is 0.0195. The molecule has 0 radical (unpaired) electrons. The molecular weight excluding hydrogens is 895 g/mol. The Balaban J connectivity index is 2.03. The molecule has 0 aromatic rings. The van der Waals surface area contributed by atoms with Gasteiger partial charge in [-0.05, 0) is 77.6 Å². The average molecular weight is 1000 g/mol. The normalized spacial score (nSPS) is 19.5. The van der Waals surface area contributed by atoms with E-state index in [4.69, 9.17) is 14.2 Å². The summed E-state index contributed by atoms with van der Waals surface area (Å²) in [5, 5.41) is 54.1. The third-order valence-electron chi connectivity index (χ3n) is 13.7. The highest BCUT2D eigenvalue weighted by atomic mass is 16.7. The average Bonchev–Trinajstić information content (AvgIpc) is 3.37. The van der Waals surface area contributed by atoms with E-state index in [2.05, 4.69) is 42.6 Å². The zero-order valence-corrected chi connectivity index (χ0v) is 45.4. The number of amides is 1. The van der Waals surface area contributed by atoms with Gasteiger partial charge in [0.25, 0.3) is 0 Å². The Bertz CT molecular complexity index is 1320. The number of rotatable bonds is 50. The maximum atomic E-state index is 13.0. The molecule has 1 saturated heterocycles. The Morgan fingerprint density at radius 1 is 0.535 bits per heavy atom. The van der Waals surface area contributed by atoms with Gasteiger partial charge in [0.05, 0.1) is 32.0 Å². The van der Waals surface area contributed by atoms with Crippen molar-refractivity contribution in [3.8, 4) is 0 Å². The minimum atomic E-state index is -1.58. The standard InChI is InChI=1S/C60H109NO10/c1-3-5-7-9-11-13-27-32-36-40-44-48-56(65)69-49-45-41-37-33-29-26-24-22-20-18-16-14-15-17-19-21-23-25-28-31-35-39-43-47-55(64)61-52(53(63)46-42-38-34-30-12-10-8-6-4-2)51-70-60-59(68)58(67)57(66)54(50-62)71-60/h4,6,12,17,19,30,42,46,52-54,57-60,62-63,66-68H,3,5,7-11,13-16,18,20-29,31-41,43-45,47-51H2,1-2H3,(H,61,64)/b6-4+,19-17-,30-12+,46-42+. The first-order valence-corrected chi connectivity index (χ1v) is 29.4. The zero-order chi connectivity index (χ0) is 51.7. The first kappa shape index (κ1) is 66.6. The summed E-state index contributed by atoms with van der Waals surface area (Å²) in [6.07, 6.45) is 52.4. The molecule has 11 heteroatoms. The number of allylic oxidation sites excluding steroid dienone is 7. The highest BCUT2D eigenvalue weighted by Gasteiger charge is 2.44. The van der Waals surface area contributed by atoms with E-state index in [1.54, 1.807) is 6.08 Å². The molecule has 0 aromatic heterocycles. The Kier molecular flexibility index (Phi) is 46.7. The minimum absolute atomic E-state index is 0.00202. The van der Waals surface area contributed by atoms with Crippen molar-refractivity contribution >= 4 is 11.9 Å². The molecule has 1 rings (SSSR count). The van der Waals surface area contributed by atoms with Crippen molar-refractivity contribution in [2.45, 2.75) is 301 Å². The summed E-state index contributed by atoms with van der Waals surface area (Å²) in [6, 6.07) is -0.838. The number of esters is 1. The van der Waals surface area contributed by atoms with Gasteiger partial charge in [-0.2, -0.15) is 0 Å². The Labute approximate surface area is 434 Å². The molecule has 1 aliphatic heterocycles. The predicted octanol–water partition coefficient (Wildman–Crippen LogP) is 13.3. The van der Waals surface area contributed by atoms with E-state index in [9.17, 15) is 35.1 Å². The number of aliphatic hydroxyl groups is 5. The molecule has 1 amide bonds. The number of unbranched alkanes of at least 4 members (excludes halogenated alkanes) is 31. The molecule has 0 saturated carbocycles. The van der Waals surface area contributed by atoms with Gasteiger partial charge in [-0.15, -0.1) is 0 Å². The van der Waals surface area contributed by atoms with Gasteiger partial charge in [-0.3, -0.25) is 9.59 Å². The molecule has 414 valence electrons. The van der Waals surface area contributed by atoms with Crippen molar-refractivity contribution < 1.29 is 49.3 Å². The first-order valence-electron chi connectivity index (χ1n) is 29.4. The van der Waals surface area contributed by atoms with Crippen LogP contribution in [0.2, 0.25) is 0 Å². The van der Waals surface area contributed by atoms with E-state index in [0.29, 0.717) is 19.4 Å². The molecule has 11 nitrogen and oxygen atoms in total. The van der Waals surface area contributed by atoms with Gasteiger partial charge in [-0.1, -0.05) is 216 Å². The van der Waals surface area contributed by atoms with E-state index < -0.39 is 49.5 Å². The fourth-order valence-electron chi connectivity index (χ4n) is 9.06. The topological polar surface area (TPSA) is 175 Å². The third-order valence-corrected chi connectivity index (χ3v) is 13.7. The number of nitrogens with one attached hydrogen (secondary N) is 1. The van der Waals surface area contributed by atoms with Crippen molar-refractivity contribution in [2.24, 2.45) is 0 Å². The maximum absolute atomic E-state index is 13.0. The van der Waals surface area contributed by atoms with Crippen LogP contribution in [-0.2, 0) is 23.8 Å². The molecule has 0 aromatic carbocycles. The van der Waals surface area contributed by atoms with E-state index in [0.717, 1.165) is 77.0 Å². The van der Waals surface area contributed by atoms with Crippen LogP contribution in [-0.4, -0.2) is 100 Å². The summed E-state index contributed by atoms with van der Waals surface area (Å²) in [5.74, 6) is -0.208. The summed E-state index contributed by atoms with van der Waals surface area (Å²) < 4.78 is 16.6. The van der Waals surface area contributed by atoms with Crippen molar-refractivity contribution in [3.63, 3.8) is 0 Å². The summed E-state index contributed by atoms with van der Waals surface area (Å²) in [6.45, 7) is 4.08.